The fourth-order valence-corrected chi connectivity index (χ4v) is 3.76. The van der Waals surface area contributed by atoms with Crippen molar-refractivity contribution in [1.82, 2.24) is 0 Å². The number of ether oxygens (including phenoxy) is 2. The highest BCUT2D eigenvalue weighted by atomic mass is 16.5. The molecule has 7 heteroatoms. The Labute approximate surface area is 189 Å². The summed E-state index contributed by atoms with van der Waals surface area (Å²) in [7, 11) is 1.54. The first kappa shape index (κ1) is 22.1. The maximum Gasteiger partial charge on any atom is 0.339 e. The van der Waals surface area contributed by atoms with Gasteiger partial charge in [-0.15, -0.1) is 0 Å². The summed E-state index contributed by atoms with van der Waals surface area (Å²) in [4.78, 5) is 36.9. The van der Waals surface area contributed by atoms with Crippen LogP contribution in [-0.4, -0.2) is 25.6 Å². The summed E-state index contributed by atoms with van der Waals surface area (Å²) in [5.41, 5.74) is 1.72. The van der Waals surface area contributed by atoms with Crippen molar-refractivity contribution in [3.63, 3.8) is 0 Å². The number of amides is 1. The van der Waals surface area contributed by atoms with Crippen molar-refractivity contribution < 1.29 is 23.5 Å². The summed E-state index contributed by atoms with van der Waals surface area (Å²) in [6, 6.07) is 18.5. The molecule has 168 valence electrons. The van der Waals surface area contributed by atoms with Crippen LogP contribution in [0, 0.1) is 6.92 Å². The van der Waals surface area contributed by atoms with E-state index in [9.17, 15) is 14.4 Å². The van der Waals surface area contributed by atoms with Gasteiger partial charge in [-0.25, -0.2) is 4.79 Å². The van der Waals surface area contributed by atoms with Gasteiger partial charge in [-0.05, 0) is 42.5 Å². The minimum Gasteiger partial charge on any atom is -0.497 e. The van der Waals surface area contributed by atoms with E-state index in [2.05, 4.69) is 5.32 Å². The van der Waals surface area contributed by atoms with E-state index in [0.717, 1.165) is 21.7 Å². The van der Waals surface area contributed by atoms with Crippen LogP contribution in [0.25, 0.3) is 21.7 Å². The summed E-state index contributed by atoms with van der Waals surface area (Å²) in [6.45, 7) is 1.40. The first-order valence-electron chi connectivity index (χ1n) is 10.5. The van der Waals surface area contributed by atoms with Gasteiger partial charge in [-0.3, -0.25) is 9.59 Å². The molecule has 0 bridgehead atoms. The van der Waals surface area contributed by atoms with Crippen molar-refractivity contribution in [1.29, 1.82) is 0 Å². The van der Waals surface area contributed by atoms with Crippen molar-refractivity contribution in [2.24, 2.45) is 0 Å². The summed E-state index contributed by atoms with van der Waals surface area (Å²) in [6.07, 6.45) is 0.106. The number of rotatable bonds is 7. The van der Waals surface area contributed by atoms with Gasteiger partial charge >= 0.3 is 11.6 Å². The van der Waals surface area contributed by atoms with E-state index in [-0.39, 0.29) is 12.8 Å². The van der Waals surface area contributed by atoms with Crippen LogP contribution in [0.4, 0.5) is 5.69 Å². The second kappa shape index (κ2) is 9.56. The SMILES string of the molecule is COc1ccc2c(C)c(CCC(=O)OCC(=O)Nc3cccc4ccccc34)c(=O)oc2c1. The van der Waals surface area contributed by atoms with E-state index >= 15 is 0 Å². The number of anilines is 1. The van der Waals surface area contributed by atoms with Crippen molar-refractivity contribution >= 4 is 39.3 Å². The Bertz CT molecular complexity index is 1400. The number of nitrogens with one attached hydrogen (secondary N) is 1. The number of esters is 1. The van der Waals surface area contributed by atoms with Crippen LogP contribution in [0.15, 0.2) is 69.9 Å². The predicted molar refractivity (Wildman–Crippen MR) is 126 cm³/mol. The molecule has 1 heterocycles. The average molecular weight is 445 g/mol. The summed E-state index contributed by atoms with van der Waals surface area (Å²) in [5, 5.41) is 5.44. The molecule has 7 nitrogen and oxygen atoms in total. The Morgan fingerprint density at radius 1 is 1.00 bits per heavy atom. The van der Waals surface area contributed by atoms with Gasteiger partial charge in [-0.1, -0.05) is 36.4 Å². The molecular formula is C26H23NO6. The molecule has 0 atom stereocenters. The Morgan fingerprint density at radius 3 is 2.61 bits per heavy atom. The molecule has 4 aromatic rings. The quantitative estimate of drug-likeness (QED) is 0.335. The molecule has 0 aliphatic carbocycles. The van der Waals surface area contributed by atoms with Gasteiger partial charge in [0.05, 0.1) is 7.11 Å². The molecule has 0 fully saturated rings. The van der Waals surface area contributed by atoms with Crippen LogP contribution in [0.3, 0.4) is 0 Å². The van der Waals surface area contributed by atoms with Gasteiger partial charge in [0.2, 0.25) is 0 Å². The van der Waals surface area contributed by atoms with E-state index in [1.807, 2.05) is 49.4 Å². The van der Waals surface area contributed by atoms with Crippen LogP contribution in [-0.2, 0) is 20.7 Å². The third kappa shape index (κ3) is 4.87. The number of carbonyl (C=O) groups excluding carboxylic acids is 2. The lowest BCUT2D eigenvalue weighted by Crippen LogP contribution is -2.21. The summed E-state index contributed by atoms with van der Waals surface area (Å²) >= 11 is 0. The van der Waals surface area contributed by atoms with E-state index in [0.29, 0.717) is 22.6 Å². The molecular weight excluding hydrogens is 422 g/mol. The highest BCUT2D eigenvalue weighted by Gasteiger charge is 2.15. The maximum absolute atomic E-state index is 12.4. The van der Waals surface area contributed by atoms with Crippen LogP contribution in [0.5, 0.6) is 5.75 Å². The number of methoxy groups -OCH3 is 1. The van der Waals surface area contributed by atoms with Gasteiger partial charge in [0.15, 0.2) is 6.61 Å². The Balaban J connectivity index is 1.36. The van der Waals surface area contributed by atoms with Crippen molar-refractivity contribution in [2.75, 3.05) is 19.0 Å². The summed E-state index contributed by atoms with van der Waals surface area (Å²) in [5.74, 6) is -0.421. The zero-order chi connectivity index (χ0) is 23.4. The fourth-order valence-electron chi connectivity index (χ4n) is 3.76. The molecule has 0 unspecified atom stereocenters. The molecule has 4 rings (SSSR count). The summed E-state index contributed by atoms with van der Waals surface area (Å²) < 4.78 is 15.7. The van der Waals surface area contributed by atoms with Crippen molar-refractivity contribution in [2.45, 2.75) is 19.8 Å². The third-order valence-corrected chi connectivity index (χ3v) is 5.50. The molecule has 0 saturated carbocycles. The highest BCUT2D eigenvalue weighted by Crippen LogP contribution is 2.25. The number of hydrogen-bond donors (Lipinski definition) is 1. The van der Waals surface area contributed by atoms with E-state index < -0.39 is 24.1 Å². The monoisotopic (exact) mass is 445 g/mol. The standard InChI is InChI=1S/C26H23NO6/c1-16-19-11-10-18(31-2)14-23(19)33-26(30)20(16)12-13-25(29)32-15-24(28)27-22-9-5-7-17-6-3-4-8-21(17)22/h3-11,14H,12-13,15H2,1-2H3,(H,27,28). The molecule has 0 radical (unpaired) electrons. The smallest absolute Gasteiger partial charge is 0.339 e. The zero-order valence-corrected chi connectivity index (χ0v) is 18.3. The second-order valence-electron chi connectivity index (χ2n) is 7.59. The fraction of sp³-hybridized carbons (Fsp3) is 0.192. The first-order chi connectivity index (χ1) is 16.0. The number of benzene rings is 3. The van der Waals surface area contributed by atoms with Gasteiger partial charge in [0, 0.05) is 34.5 Å². The van der Waals surface area contributed by atoms with Crippen LogP contribution < -0.4 is 15.7 Å². The average Bonchev–Trinajstić information content (AvgIpc) is 2.82. The Morgan fingerprint density at radius 2 is 1.79 bits per heavy atom. The van der Waals surface area contributed by atoms with Gasteiger partial charge in [0.1, 0.15) is 11.3 Å². The highest BCUT2D eigenvalue weighted by molar-refractivity contribution is 6.02. The molecule has 0 spiro atoms. The number of hydrogen-bond acceptors (Lipinski definition) is 6. The third-order valence-electron chi connectivity index (χ3n) is 5.50. The lowest BCUT2D eigenvalue weighted by atomic mass is 10.0. The van der Waals surface area contributed by atoms with Gasteiger partial charge in [-0.2, -0.15) is 0 Å². The van der Waals surface area contributed by atoms with Gasteiger partial charge < -0.3 is 19.2 Å². The normalized spacial score (nSPS) is 10.8. The minimum atomic E-state index is -0.573. The molecule has 0 aliphatic heterocycles. The first-order valence-corrected chi connectivity index (χ1v) is 10.5. The Kier molecular flexibility index (Phi) is 6.40. The molecule has 0 aliphatic rings. The predicted octanol–water partition coefficient (Wildman–Crippen LogP) is 4.38. The number of aryl methyl sites for hydroxylation is 1. The second-order valence-corrected chi connectivity index (χ2v) is 7.59. The molecule has 33 heavy (non-hydrogen) atoms. The van der Waals surface area contributed by atoms with Crippen LogP contribution >= 0.6 is 0 Å². The molecule has 1 amide bonds. The Hall–Kier alpha value is -4.13. The molecule has 3 aromatic carbocycles. The van der Waals surface area contributed by atoms with Gasteiger partial charge in [0.25, 0.3) is 5.91 Å². The topological polar surface area (TPSA) is 94.8 Å². The molecule has 1 aromatic heterocycles. The van der Waals surface area contributed by atoms with E-state index in [1.54, 1.807) is 18.2 Å². The lowest BCUT2D eigenvalue weighted by molar-refractivity contribution is -0.147. The van der Waals surface area contributed by atoms with Crippen molar-refractivity contribution in [3.05, 3.63) is 82.2 Å². The maximum atomic E-state index is 12.4. The van der Waals surface area contributed by atoms with Crippen LogP contribution in [0.1, 0.15) is 17.5 Å². The largest absolute Gasteiger partial charge is 0.497 e. The minimum absolute atomic E-state index is 0.0468. The zero-order valence-electron chi connectivity index (χ0n) is 18.3. The van der Waals surface area contributed by atoms with E-state index in [1.165, 1.54) is 7.11 Å². The van der Waals surface area contributed by atoms with E-state index in [4.69, 9.17) is 13.9 Å². The molecule has 0 saturated heterocycles. The molecule has 1 N–H and O–H groups in total. The number of fused-ring (bicyclic) bond motifs is 2. The van der Waals surface area contributed by atoms with Crippen LogP contribution in [0.2, 0.25) is 0 Å². The number of carbonyl (C=O) groups is 2. The van der Waals surface area contributed by atoms with Crippen molar-refractivity contribution in [3.8, 4) is 5.75 Å². The lowest BCUT2D eigenvalue weighted by Gasteiger charge is -2.10.